The Bertz CT molecular complexity index is 468. The largest absolute Gasteiger partial charge is 0.481 e. The molecule has 0 aliphatic carbocycles. The summed E-state index contributed by atoms with van der Waals surface area (Å²) < 4.78 is 0. The van der Waals surface area contributed by atoms with Crippen LogP contribution in [0.4, 0.5) is 0 Å². The summed E-state index contributed by atoms with van der Waals surface area (Å²) in [5.74, 6) is -1.34. The molecule has 2 heterocycles. The lowest BCUT2D eigenvalue weighted by Gasteiger charge is -2.28. The molecule has 2 fully saturated rings. The van der Waals surface area contributed by atoms with E-state index in [1.165, 1.54) is 11.3 Å². The molecule has 130 valence electrons. The molecule has 7 heteroatoms. The van der Waals surface area contributed by atoms with Crippen molar-refractivity contribution in [1.29, 1.82) is 0 Å². The fraction of sp³-hybridized carbons (Fsp3) is 0.812. The molecule has 0 aromatic heterocycles. The van der Waals surface area contributed by atoms with Crippen molar-refractivity contribution in [2.45, 2.75) is 38.6 Å². The number of carboxylic acid groups (broad SMARTS) is 1. The summed E-state index contributed by atoms with van der Waals surface area (Å²) in [5, 5.41) is 8.70. The normalized spacial score (nSPS) is 25.1. The van der Waals surface area contributed by atoms with Crippen molar-refractivity contribution in [2.75, 3.05) is 39.8 Å². The molecule has 2 rings (SSSR count). The molecule has 0 aromatic carbocycles. The highest BCUT2D eigenvalue weighted by molar-refractivity contribution is 5.89. The molecule has 2 amide bonds. The van der Waals surface area contributed by atoms with Gasteiger partial charge in [-0.3, -0.25) is 19.3 Å². The first-order chi connectivity index (χ1) is 10.9. The van der Waals surface area contributed by atoms with Gasteiger partial charge in [-0.2, -0.15) is 0 Å². The highest BCUT2D eigenvalue weighted by Crippen LogP contribution is 2.24. The van der Waals surface area contributed by atoms with Crippen LogP contribution >= 0.6 is 0 Å². The number of hydrogen-bond donors (Lipinski definition) is 1. The van der Waals surface area contributed by atoms with Crippen LogP contribution in [-0.2, 0) is 14.4 Å². The predicted octanol–water partition coefficient (Wildman–Crippen LogP) is 0.252. The van der Waals surface area contributed by atoms with Crippen LogP contribution in [0.25, 0.3) is 0 Å². The van der Waals surface area contributed by atoms with Gasteiger partial charge in [0, 0.05) is 39.1 Å². The Morgan fingerprint density at radius 1 is 1.39 bits per heavy atom. The van der Waals surface area contributed by atoms with Gasteiger partial charge in [-0.25, -0.2) is 0 Å². The quantitative estimate of drug-likeness (QED) is 0.726. The number of likely N-dealkylation sites (tertiary alicyclic amines) is 2. The summed E-state index contributed by atoms with van der Waals surface area (Å²) in [6, 6.07) is 0.405. The minimum absolute atomic E-state index is 0.0398. The lowest BCUT2D eigenvalue weighted by atomic mass is 10.1. The molecular formula is C16H27N3O4. The molecule has 0 unspecified atom stereocenters. The van der Waals surface area contributed by atoms with E-state index in [1.807, 2.05) is 4.90 Å². The summed E-state index contributed by atoms with van der Waals surface area (Å²) >= 11 is 0. The maximum absolute atomic E-state index is 12.4. The average molecular weight is 325 g/mol. The van der Waals surface area contributed by atoms with Gasteiger partial charge in [0.15, 0.2) is 0 Å². The van der Waals surface area contributed by atoms with E-state index in [4.69, 9.17) is 5.11 Å². The van der Waals surface area contributed by atoms with Gasteiger partial charge in [0.05, 0.1) is 12.3 Å². The molecule has 2 atom stereocenters. The molecule has 0 saturated carbocycles. The minimum atomic E-state index is -0.922. The molecule has 2 aliphatic heterocycles. The Balaban J connectivity index is 1.86. The standard InChI is InChI=1S/C16H27N3O4/c1-3-18-7-4-5-13(18)11-19-10-12(9-14(19)20)16(23)17(2)8-6-15(21)22/h12-13H,3-11H2,1-2H3,(H,21,22)/t12-,13-/m0/s1. The van der Waals surface area contributed by atoms with E-state index in [1.54, 1.807) is 7.05 Å². The third-order valence-electron chi connectivity index (χ3n) is 4.94. The van der Waals surface area contributed by atoms with Crippen molar-refractivity contribution >= 4 is 17.8 Å². The summed E-state index contributed by atoms with van der Waals surface area (Å²) in [6.45, 7) is 5.56. The first-order valence-corrected chi connectivity index (χ1v) is 8.41. The molecule has 1 N–H and O–H groups in total. The molecule has 7 nitrogen and oxygen atoms in total. The fourth-order valence-electron chi connectivity index (χ4n) is 3.57. The van der Waals surface area contributed by atoms with Crippen molar-refractivity contribution in [3.63, 3.8) is 0 Å². The molecule has 0 spiro atoms. The molecule has 0 radical (unpaired) electrons. The Hall–Kier alpha value is -1.63. The van der Waals surface area contributed by atoms with Crippen LogP contribution in [0.1, 0.15) is 32.6 Å². The second kappa shape index (κ2) is 7.77. The van der Waals surface area contributed by atoms with Crippen LogP contribution in [0.5, 0.6) is 0 Å². The average Bonchev–Trinajstić information content (AvgIpc) is 3.11. The third kappa shape index (κ3) is 4.43. The van der Waals surface area contributed by atoms with Crippen molar-refractivity contribution in [3.8, 4) is 0 Å². The smallest absolute Gasteiger partial charge is 0.305 e. The lowest BCUT2D eigenvalue weighted by molar-refractivity contribution is -0.139. The van der Waals surface area contributed by atoms with Crippen LogP contribution in [0, 0.1) is 5.92 Å². The number of amides is 2. The van der Waals surface area contributed by atoms with E-state index in [0.29, 0.717) is 19.1 Å². The zero-order valence-electron chi connectivity index (χ0n) is 14.0. The van der Waals surface area contributed by atoms with Crippen molar-refractivity contribution < 1.29 is 19.5 Å². The fourth-order valence-corrected chi connectivity index (χ4v) is 3.57. The predicted molar refractivity (Wildman–Crippen MR) is 84.8 cm³/mol. The van der Waals surface area contributed by atoms with Gasteiger partial charge in [-0.05, 0) is 25.9 Å². The van der Waals surface area contributed by atoms with E-state index in [-0.39, 0.29) is 37.1 Å². The van der Waals surface area contributed by atoms with E-state index in [0.717, 1.165) is 19.5 Å². The Morgan fingerprint density at radius 2 is 2.13 bits per heavy atom. The van der Waals surface area contributed by atoms with Crippen LogP contribution in [0.3, 0.4) is 0 Å². The van der Waals surface area contributed by atoms with Gasteiger partial charge >= 0.3 is 5.97 Å². The summed E-state index contributed by atoms with van der Waals surface area (Å²) in [7, 11) is 1.61. The Labute approximate surface area is 137 Å². The summed E-state index contributed by atoms with van der Waals surface area (Å²) in [6.07, 6.45) is 2.45. The molecule has 2 aliphatic rings. The van der Waals surface area contributed by atoms with Crippen molar-refractivity contribution in [3.05, 3.63) is 0 Å². The molecule has 0 aromatic rings. The first kappa shape index (κ1) is 17.7. The van der Waals surface area contributed by atoms with Crippen molar-refractivity contribution in [1.82, 2.24) is 14.7 Å². The van der Waals surface area contributed by atoms with Crippen LogP contribution in [0.2, 0.25) is 0 Å². The Kier molecular flexibility index (Phi) is 5.98. The van der Waals surface area contributed by atoms with Gasteiger partial charge in [-0.1, -0.05) is 6.92 Å². The SMILES string of the molecule is CCN1CCC[C@H]1CN1C[C@@H](C(=O)N(C)CCC(=O)O)CC1=O. The van der Waals surface area contributed by atoms with E-state index in [2.05, 4.69) is 11.8 Å². The molecule has 2 saturated heterocycles. The van der Waals surface area contributed by atoms with Gasteiger partial charge < -0.3 is 14.9 Å². The second-order valence-electron chi connectivity index (χ2n) is 6.53. The number of rotatable bonds is 7. The van der Waals surface area contributed by atoms with E-state index in [9.17, 15) is 14.4 Å². The van der Waals surface area contributed by atoms with Crippen LogP contribution < -0.4 is 0 Å². The summed E-state index contributed by atoms with van der Waals surface area (Å²) in [4.78, 5) is 40.8. The van der Waals surface area contributed by atoms with Gasteiger partial charge in [0.2, 0.25) is 11.8 Å². The lowest BCUT2D eigenvalue weighted by Crippen LogP contribution is -2.41. The number of likely N-dealkylation sites (N-methyl/N-ethyl adjacent to an activating group) is 1. The maximum Gasteiger partial charge on any atom is 0.305 e. The topological polar surface area (TPSA) is 81.2 Å². The summed E-state index contributed by atoms with van der Waals surface area (Å²) in [5.41, 5.74) is 0. The van der Waals surface area contributed by atoms with E-state index < -0.39 is 5.97 Å². The van der Waals surface area contributed by atoms with Crippen molar-refractivity contribution in [2.24, 2.45) is 5.92 Å². The molecule has 0 bridgehead atoms. The minimum Gasteiger partial charge on any atom is -0.481 e. The zero-order chi connectivity index (χ0) is 17.0. The number of carboxylic acids is 1. The highest BCUT2D eigenvalue weighted by atomic mass is 16.4. The maximum atomic E-state index is 12.4. The zero-order valence-corrected chi connectivity index (χ0v) is 14.0. The monoisotopic (exact) mass is 325 g/mol. The van der Waals surface area contributed by atoms with Gasteiger partial charge in [0.1, 0.15) is 0 Å². The van der Waals surface area contributed by atoms with Gasteiger partial charge in [-0.15, -0.1) is 0 Å². The third-order valence-corrected chi connectivity index (χ3v) is 4.94. The number of nitrogens with zero attached hydrogens (tertiary/aromatic N) is 3. The Morgan fingerprint density at radius 3 is 2.78 bits per heavy atom. The number of aliphatic carboxylic acids is 1. The van der Waals surface area contributed by atoms with Gasteiger partial charge in [0.25, 0.3) is 0 Å². The van der Waals surface area contributed by atoms with Crippen LogP contribution in [-0.4, -0.2) is 83.4 Å². The van der Waals surface area contributed by atoms with E-state index >= 15 is 0 Å². The number of carbonyl (C=O) groups excluding carboxylic acids is 2. The molecular weight excluding hydrogens is 298 g/mol. The highest BCUT2D eigenvalue weighted by Gasteiger charge is 2.37. The number of hydrogen-bond acceptors (Lipinski definition) is 4. The molecule has 23 heavy (non-hydrogen) atoms. The second-order valence-corrected chi connectivity index (χ2v) is 6.53. The first-order valence-electron chi connectivity index (χ1n) is 8.41. The number of carbonyl (C=O) groups is 3. The van der Waals surface area contributed by atoms with Crippen LogP contribution in [0.15, 0.2) is 0 Å².